The third-order valence-corrected chi connectivity index (χ3v) is 2.95. The molecule has 18 heavy (non-hydrogen) atoms. The summed E-state index contributed by atoms with van der Waals surface area (Å²) >= 11 is 0. The molecule has 2 rings (SSSR count). The summed E-state index contributed by atoms with van der Waals surface area (Å²) in [5, 5.41) is 3.16. The van der Waals surface area contributed by atoms with Crippen LogP contribution in [0.5, 0.6) is 0 Å². The first kappa shape index (κ1) is 13.3. The van der Waals surface area contributed by atoms with Gasteiger partial charge in [0.1, 0.15) is 5.82 Å². The first-order valence-corrected chi connectivity index (χ1v) is 5.75. The number of nitrogens with zero attached hydrogens (tertiary/aromatic N) is 1. The molecule has 1 aromatic carbocycles. The van der Waals surface area contributed by atoms with Crippen molar-refractivity contribution >= 4 is 0 Å². The standard InChI is InChI=1S/C12H14F4N2/c13-11-2-1-9(7-10(11)12(14,15)16)8-18-5-3-17-4-6-18/h1-2,7,17H,3-6,8H2. The number of alkyl halides is 3. The zero-order chi connectivity index (χ0) is 13.2. The largest absolute Gasteiger partial charge is 0.419 e. The summed E-state index contributed by atoms with van der Waals surface area (Å²) in [6.45, 7) is 3.66. The van der Waals surface area contributed by atoms with Crippen LogP contribution in [0.25, 0.3) is 0 Å². The van der Waals surface area contributed by atoms with E-state index in [1.165, 1.54) is 6.07 Å². The number of rotatable bonds is 2. The van der Waals surface area contributed by atoms with Crippen molar-refractivity contribution in [3.05, 3.63) is 35.1 Å². The molecule has 1 aliphatic heterocycles. The van der Waals surface area contributed by atoms with Gasteiger partial charge in [-0.05, 0) is 17.7 Å². The Labute approximate surface area is 103 Å². The Bertz CT molecular complexity index is 411. The van der Waals surface area contributed by atoms with Crippen LogP contribution < -0.4 is 5.32 Å². The highest BCUT2D eigenvalue weighted by atomic mass is 19.4. The lowest BCUT2D eigenvalue weighted by Crippen LogP contribution is -2.42. The summed E-state index contributed by atoms with van der Waals surface area (Å²) in [6, 6.07) is 3.20. The Kier molecular flexibility index (Phi) is 3.87. The van der Waals surface area contributed by atoms with Crippen LogP contribution in [0.1, 0.15) is 11.1 Å². The third-order valence-electron chi connectivity index (χ3n) is 2.95. The highest BCUT2D eigenvalue weighted by Gasteiger charge is 2.34. The van der Waals surface area contributed by atoms with E-state index in [2.05, 4.69) is 5.32 Å². The molecule has 0 saturated carbocycles. The summed E-state index contributed by atoms with van der Waals surface area (Å²) in [4.78, 5) is 2.05. The maximum absolute atomic E-state index is 13.1. The number of hydrogen-bond donors (Lipinski definition) is 1. The molecule has 0 radical (unpaired) electrons. The fraction of sp³-hybridized carbons (Fsp3) is 0.500. The maximum atomic E-state index is 13.1. The Morgan fingerprint density at radius 1 is 1.17 bits per heavy atom. The van der Waals surface area contributed by atoms with Crippen molar-refractivity contribution in [1.29, 1.82) is 0 Å². The van der Waals surface area contributed by atoms with Crippen molar-refractivity contribution in [3.8, 4) is 0 Å². The first-order valence-electron chi connectivity index (χ1n) is 5.75. The first-order chi connectivity index (χ1) is 8.47. The average molecular weight is 262 g/mol. The smallest absolute Gasteiger partial charge is 0.314 e. The van der Waals surface area contributed by atoms with Gasteiger partial charge >= 0.3 is 6.18 Å². The van der Waals surface area contributed by atoms with E-state index in [1.807, 2.05) is 4.90 Å². The van der Waals surface area contributed by atoms with Gasteiger partial charge in [-0.2, -0.15) is 13.2 Å². The summed E-state index contributed by atoms with van der Waals surface area (Å²) in [7, 11) is 0. The quantitative estimate of drug-likeness (QED) is 0.822. The van der Waals surface area contributed by atoms with Crippen LogP contribution in [0.4, 0.5) is 17.6 Å². The molecule has 0 aromatic heterocycles. The molecule has 0 amide bonds. The molecule has 0 unspecified atom stereocenters. The van der Waals surface area contributed by atoms with Crippen molar-refractivity contribution in [2.75, 3.05) is 26.2 Å². The van der Waals surface area contributed by atoms with Gasteiger partial charge in [0.05, 0.1) is 5.56 Å². The minimum absolute atomic E-state index is 0.422. The molecule has 0 atom stereocenters. The van der Waals surface area contributed by atoms with E-state index in [9.17, 15) is 17.6 Å². The zero-order valence-electron chi connectivity index (χ0n) is 9.73. The Morgan fingerprint density at radius 3 is 2.44 bits per heavy atom. The van der Waals surface area contributed by atoms with Crippen LogP contribution in [0.3, 0.4) is 0 Å². The van der Waals surface area contributed by atoms with Crippen LogP contribution >= 0.6 is 0 Å². The van der Waals surface area contributed by atoms with Gasteiger partial charge in [-0.25, -0.2) is 4.39 Å². The second-order valence-electron chi connectivity index (χ2n) is 4.34. The van der Waals surface area contributed by atoms with Gasteiger partial charge in [-0.1, -0.05) is 6.07 Å². The van der Waals surface area contributed by atoms with E-state index in [-0.39, 0.29) is 0 Å². The minimum Gasteiger partial charge on any atom is -0.314 e. The third kappa shape index (κ3) is 3.20. The second-order valence-corrected chi connectivity index (χ2v) is 4.34. The summed E-state index contributed by atoms with van der Waals surface area (Å²) < 4.78 is 50.7. The molecule has 6 heteroatoms. The minimum atomic E-state index is -4.64. The fourth-order valence-corrected chi connectivity index (χ4v) is 2.02. The number of piperazine rings is 1. The van der Waals surface area contributed by atoms with Crippen LogP contribution in [0, 0.1) is 5.82 Å². The van der Waals surface area contributed by atoms with Gasteiger partial charge < -0.3 is 5.32 Å². The van der Waals surface area contributed by atoms with E-state index < -0.39 is 17.6 Å². The summed E-state index contributed by atoms with van der Waals surface area (Å²) in [5.41, 5.74) is -0.694. The monoisotopic (exact) mass is 262 g/mol. The Hall–Kier alpha value is -1.14. The molecule has 1 fully saturated rings. The van der Waals surface area contributed by atoms with Gasteiger partial charge in [0.2, 0.25) is 0 Å². The van der Waals surface area contributed by atoms with Crippen molar-refractivity contribution in [3.63, 3.8) is 0 Å². The van der Waals surface area contributed by atoms with Gasteiger partial charge in [0.15, 0.2) is 0 Å². The molecule has 1 heterocycles. The molecule has 1 aromatic rings. The van der Waals surface area contributed by atoms with Crippen molar-refractivity contribution < 1.29 is 17.6 Å². The lowest BCUT2D eigenvalue weighted by atomic mass is 10.1. The van der Waals surface area contributed by atoms with Crippen LogP contribution in [-0.4, -0.2) is 31.1 Å². The molecule has 0 spiro atoms. The highest BCUT2D eigenvalue weighted by molar-refractivity contribution is 5.27. The van der Waals surface area contributed by atoms with E-state index in [0.717, 1.165) is 38.3 Å². The second kappa shape index (κ2) is 5.24. The lowest BCUT2D eigenvalue weighted by molar-refractivity contribution is -0.140. The molecule has 2 nitrogen and oxygen atoms in total. The SMILES string of the molecule is Fc1ccc(CN2CCNCC2)cc1C(F)(F)F. The molecule has 100 valence electrons. The average Bonchev–Trinajstić information content (AvgIpc) is 2.31. The molecular formula is C12H14F4N2. The van der Waals surface area contributed by atoms with Crippen molar-refractivity contribution in [2.24, 2.45) is 0 Å². The molecule has 1 N–H and O–H groups in total. The number of hydrogen-bond acceptors (Lipinski definition) is 2. The van der Waals surface area contributed by atoms with Gasteiger partial charge in [0.25, 0.3) is 0 Å². The van der Waals surface area contributed by atoms with Gasteiger partial charge in [0, 0.05) is 32.7 Å². The lowest BCUT2D eigenvalue weighted by Gasteiger charge is -2.27. The van der Waals surface area contributed by atoms with Gasteiger partial charge in [-0.15, -0.1) is 0 Å². The molecule has 0 bridgehead atoms. The van der Waals surface area contributed by atoms with Crippen molar-refractivity contribution in [2.45, 2.75) is 12.7 Å². The topological polar surface area (TPSA) is 15.3 Å². The van der Waals surface area contributed by atoms with E-state index in [1.54, 1.807) is 0 Å². The Balaban J connectivity index is 2.14. The predicted octanol–water partition coefficient (Wildman–Crippen LogP) is 2.25. The summed E-state index contributed by atoms with van der Waals surface area (Å²) in [5.74, 6) is -1.22. The fourth-order valence-electron chi connectivity index (χ4n) is 2.02. The van der Waals surface area contributed by atoms with E-state index in [4.69, 9.17) is 0 Å². The van der Waals surface area contributed by atoms with E-state index in [0.29, 0.717) is 12.1 Å². The number of nitrogens with one attached hydrogen (secondary N) is 1. The van der Waals surface area contributed by atoms with Crippen LogP contribution in [0.15, 0.2) is 18.2 Å². The van der Waals surface area contributed by atoms with E-state index >= 15 is 0 Å². The molecule has 1 aliphatic rings. The van der Waals surface area contributed by atoms with Crippen LogP contribution in [-0.2, 0) is 12.7 Å². The predicted molar refractivity (Wildman–Crippen MR) is 59.5 cm³/mol. The van der Waals surface area contributed by atoms with Gasteiger partial charge in [-0.3, -0.25) is 4.90 Å². The highest BCUT2D eigenvalue weighted by Crippen LogP contribution is 2.32. The maximum Gasteiger partial charge on any atom is 0.419 e. The number of benzene rings is 1. The normalized spacial score (nSPS) is 18.0. The molecule has 1 saturated heterocycles. The summed E-state index contributed by atoms with van der Waals surface area (Å²) in [6.07, 6.45) is -4.64. The van der Waals surface area contributed by atoms with Crippen LogP contribution in [0.2, 0.25) is 0 Å². The Morgan fingerprint density at radius 2 is 1.83 bits per heavy atom. The zero-order valence-corrected chi connectivity index (χ0v) is 9.73. The number of halogens is 4. The van der Waals surface area contributed by atoms with Crippen molar-refractivity contribution in [1.82, 2.24) is 10.2 Å². The molecule has 0 aliphatic carbocycles. The molecular weight excluding hydrogens is 248 g/mol.